The molecular weight excluding hydrogens is 340 g/mol. The number of fused-ring (bicyclic) bond motifs is 1. The lowest BCUT2D eigenvalue weighted by atomic mass is 10.0. The number of H-pyrrole nitrogens is 1. The molecule has 0 saturated heterocycles. The Labute approximate surface area is 149 Å². The van der Waals surface area contributed by atoms with Gasteiger partial charge in [0.05, 0.1) is 12.5 Å². The van der Waals surface area contributed by atoms with Crippen molar-refractivity contribution in [1.82, 2.24) is 10.3 Å². The van der Waals surface area contributed by atoms with Gasteiger partial charge in [-0.05, 0) is 36.2 Å². The highest BCUT2D eigenvalue weighted by Crippen LogP contribution is 2.23. The van der Waals surface area contributed by atoms with Gasteiger partial charge < -0.3 is 15.4 Å². The molecule has 3 N–H and O–H groups in total. The molecule has 2 aromatic carbocycles. The van der Waals surface area contributed by atoms with E-state index in [0.717, 1.165) is 16.5 Å². The zero-order chi connectivity index (χ0) is 18.0. The van der Waals surface area contributed by atoms with Crippen LogP contribution in [0, 0.1) is 6.92 Å². The van der Waals surface area contributed by atoms with Crippen LogP contribution in [0.5, 0.6) is 0 Å². The minimum Gasteiger partial charge on any atom is -0.481 e. The number of aryl methyl sites for hydroxylation is 1. The van der Waals surface area contributed by atoms with Crippen molar-refractivity contribution in [3.05, 3.63) is 70.4 Å². The highest BCUT2D eigenvalue weighted by atomic mass is 35.5. The Kier molecular flexibility index (Phi) is 4.76. The number of hydrogen-bond donors (Lipinski definition) is 3. The molecule has 3 rings (SSSR count). The number of rotatable bonds is 5. The van der Waals surface area contributed by atoms with Crippen LogP contribution in [0.25, 0.3) is 10.9 Å². The van der Waals surface area contributed by atoms with Gasteiger partial charge in [0.15, 0.2) is 0 Å². The third-order valence-corrected chi connectivity index (χ3v) is 4.28. The SMILES string of the molecule is Cc1cccc2cc(C(=O)NC(CC(=O)O)c3cccc(Cl)c3)[nH]c12. The van der Waals surface area contributed by atoms with E-state index in [1.54, 1.807) is 30.3 Å². The Morgan fingerprint density at radius 3 is 2.64 bits per heavy atom. The van der Waals surface area contributed by atoms with E-state index in [9.17, 15) is 9.59 Å². The molecule has 3 aromatic rings. The molecule has 0 bridgehead atoms. The van der Waals surface area contributed by atoms with Gasteiger partial charge >= 0.3 is 5.97 Å². The van der Waals surface area contributed by atoms with Crippen molar-refractivity contribution >= 4 is 34.4 Å². The van der Waals surface area contributed by atoms with Gasteiger partial charge in [-0.2, -0.15) is 0 Å². The molecule has 0 fully saturated rings. The number of hydrogen-bond acceptors (Lipinski definition) is 2. The van der Waals surface area contributed by atoms with E-state index < -0.39 is 12.0 Å². The Hall–Kier alpha value is -2.79. The highest BCUT2D eigenvalue weighted by molar-refractivity contribution is 6.30. The summed E-state index contributed by atoms with van der Waals surface area (Å²) in [5.41, 5.74) is 2.97. The number of aliphatic carboxylic acids is 1. The average Bonchev–Trinajstić information content (AvgIpc) is 2.99. The van der Waals surface area contributed by atoms with Gasteiger partial charge in [0.25, 0.3) is 5.91 Å². The van der Waals surface area contributed by atoms with Crippen LogP contribution in [0.4, 0.5) is 0 Å². The quantitative estimate of drug-likeness (QED) is 0.644. The Balaban J connectivity index is 1.88. The molecule has 0 spiro atoms. The molecule has 0 aliphatic rings. The number of carbonyl (C=O) groups is 2. The molecule has 0 saturated carbocycles. The fourth-order valence-electron chi connectivity index (χ4n) is 2.82. The summed E-state index contributed by atoms with van der Waals surface area (Å²) in [6, 6.07) is 13.7. The standard InChI is InChI=1S/C19H17ClN2O3/c1-11-4-2-6-13-9-16(21-18(11)13)19(25)22-15(10-17(23)24)12-5-3-7-14(20)8-12/h2-9,15,21H,10H2,1H3,(H,22,25)(H,23,24). The zero-order valence-corrected chi connectivity index (χ0v) is 14.3. The van der Waals surface area contributed by atoms with Crippen LogP contribution >= 0.6 is 11.6 Å². The number of carbonyl (C=O) groups excluding carboxylic acids is 1. The third kappa shape index (κ3) is 3.83. The van der Waals surface area contributed by atoms with E-state index in [-0.39, 0.29) is 12.3 Å². The van der Waals surface area contributed by atoms with Crippen molar-refractivity contribution in [2.24, 2.45) is 0 Å². The van der Waals surface area contributed by atoms with Gasteiger partial charge in [-0.15, -0.1) is 0 Å². The summed E-state index contributed by atoms with van der Waals surface area (Å²) in [6.07, 6.45) is -0.231. The molecule has 128 valence electrons. The number of para-hydroxylation sites is 1. The number of benzene rings is 2. The maximum absolute atomic E-state index is 12.6. The summed E-state index contributed by atoms with van der Waals surface area (Å²) in [5.74, 6) is -1.36. The van der Waals surface area contributed by atoms with Crippen LogP contribution in [0.1, 0.15) is 34.1 Å². The maximum Gasteiger partial charge on any atom is 0.305 e. The average molecular weight is 357 g/mol. The molecule has 5 nitrogen and oxygen atoms in total. The first kappa shape index (κ1) is 17.0. The number of carboxylic acids is 1. The monoisotopic (exact) mass is 356 g/mol. The van der Waals surface area contributed by atoms with Gasteiger partial charge in [-0.3, -0.25) is 9.59 Å². The molecule has 6 heteroatoms. The Morgan fingerprint density at radius 1 is 1.20 bits per heavy atom. The summed E-state index contributed by atoms with van der Waals surface area (Å²) in [6.45, 7) is 1.96. The highest BCUT2D eigenvalue weighted by Gasteiger charge is 2.20. The van der Waals surface area contributed by atoms with Crippen molar-refractivity contribution < 1.29 is 14.7 Å². The normalized spacial score (nSPS) is 12.1. The summed E-state index contributed by atoms with van der Waals surface area (Å²) in [5, 5.41) is 13.4. The van der Waals surface area contributed by atoms with E-state index in [4.69, 9.17) is 16.7 Å². The third-order valence-electron chi connectivity index (χ3n) is 4.04. The number of carboxylic acid groups (broad SMARTS) is 1. The van der Waals surface area contributed by atoms with Crippen molar-refractivity contribution in [2.45, 2.75) is 19.4 Å². The molecule has 0 aliphatic heterocycles. The maximum atomic E-state index is 12.6. The Morgan fingerprint density at radius 2 is 1.96 bits per heavy atom. The molecule has 25 heavy (non-hydrogen) atoms. The van der Waals surface area contributed by atoms with Crippen LogP contribution in [-0.4, -0.2) is 22.0 Å². The number of aromatic nitrogens is 1. The molecule has 0 aliphatic carbocycles. The molecule has 1 atom stereocenters. The second-order valence-corrected chi connectivity index (χ2v) is 6.34. The minimum atomic E-state index is -1.00. The zero-order valence-electron chi connectivity index (χ0n) is 13.5. The smallest absolute Gasteiger partial charge is 0.305 e. The van der Waals surface area contributed by atoms with Crippen molar-refractivity contribution in [1.29, 1.82) is 0 Å². The lowest BCUT2D eigenvalue weighted by Gasteiger charge is -2.17. The van der Waals surface area contributed by atoms with Gasteiger partial charge in [-0.25, -0.2) is 0 Å². The number of nitrogens with one attached hydrogen (secondary N) is 2. The molecular formula is C19H17ClN2O3. The van der Waals surface area contributed by atoms with Crippen LogP contribution < -0.4 is 5.32 Å². The molecule has 1 unspecified atom stereocenters. The topological polar surface area (TPSA) is 82.2 Å². The van der Waals surface area contributed by atoms with Gasteiger partial charge in [0, 0.05) is 15.9 Å². The fourth-order valence-corrected chi connectivity index (χ4v) is 3.01. The van der Waals surface area contributed by atoms with E-state index in [2.05, 4.69) is 10.3 Å². The van der Waals surface area contributed by atoms with Gasteiger partial charge in [0.2, 0.25) is 0 Å². The van der Waals surface area contributed by atoms with Crippen molar-refractivity contribution in [3.63, 3.8) is 0 Å². The van der Waals surface area contributed by atoms with Crippen LogP contribution in [-0.2, 0) is 4.79 Å². The number of aromatic amines is 1. The van der Waals surface area contributed by atoms with Gasteiger partial charge in [0.1, 0.15) is 5.69 Å². The van der Waals surface area contributed by atoms with Crippen LogP contribution in [0.15, 0.2) is 48.5 Å². The number of halogens is 1. The summed E-state index contributed by atoms with van der Waals surface area (Å²) in [4.78, 5) is 26.9. The van der Waals surface area contributed by atoms with E-state index in [0.29, 0.717) is 16.3 Å². The fraction of sp³-hybridized carbons (Fsp3) is 0.158. The van der Waals surface area contributed by atoms with Crippen molar-refractivity contribution in [3.8, 4) is 0 Å². The largest absolute Gasteiger partial charge is 0.481 e. The van der Waals surface area contributed by atoms with Crippen LogP contribution in [0.2, 0.25) is 5.02 Å². The van der Waals surface area contributed by atoms with E-state index in [1.807, 2.05) is 25.1 Å². The first-order chi connectivity index (χ1) is 11.9. The second-order valence-electron chi connectivity index (χ2n) is 5.90. The second kappa shape index (κ2) is 6.99. The minimum absolute atomic E-state index is 0.231. The van der Waals surface area contributed by atoms with Crippen molar-refractivity contribution in [2.75, 3.05) is 0 Å². The first-order valence-corrected chi connectivity index (χ1v) is 8.18. The first-order valence-electron chi connectivity index (χ1n) is 7.80. The Bertz CT molecular complexity index is 949. The summed E-state index contributed by atoms with van der Waals surface area (Å²) >= 11 is 5.98. The summed E-state index contributed by atoms with van der Waals surface area (Å²) < 4.78 is 0. The van der Waals surface area contributed by atoms with Gasteiger partial charge in [-0.1, -0.05) is 41.9 Å². The molecule has 1 heterocycles. The van der Waals surface area contributed by atoms with E-state index in [1.165, 1.54) is 0 Å². The predicted octanol–water partition coefficient (Wildman–Crippen LogP) is 4.08. The lowest BCUT2D eigenvalue weighted by molar-refractivity contribution is -0.137. The molecule has 0 radical (unpaired) electrons. The number of amides is 1. The predicted molar refractivity (Wildman–Crippen MR) is 96.9 cm³/mol. The summed E-state index contributed by atoms with van der Waals surface area (Å²) in [7, 11) is 0. The lowest BCUT2D eigenvalue weighted by Crippen LogP contribution is -2.30. The molecule has 1 amide bonds. The molecule has 1 aromatic heterocycles. The van der Waals surface area contributed by atoms with E-state index >= 15 is 0 Å². The van der Waals surface area contributed by atoms with Crippen LogP contribution in [0.3, 0.4) is 0 Å².